The predicted molar refractivity (Wildman–Crippen MR) is 83.4 cm³/mol. The Balaban J connectivity index is 1.63. The highest BCUT2D eigenvalue weighted by atomic mass is 16.6. The van der Waals surface area contributed by atoms with Gasteiger partial charge in [0.2, 0.25) is 0 Å². The average Bonchev–Trinajstić information content (AvgIpc) is 3.38. The first-order valence-corrected chi connectivity index (χ1v) is 7.60. The summed E-state index contributed by atoms with van der Waals surface area (Å²) in [6.07, 6.45) is 2.18. The van der Waals surface area contributed by atoms with Crippen LogP contribution in [0.1, 0.15) is 23.2 Å². The third kappa shape index (κ3) is 2.64. The zero-order chi connectivity index (χ0) is 14.9. The Bertz CT molecular complexity index is 722. The summed E-state index contributed by atoms with van der Waals surface area (Å²) in [6, 6.07) is 13.9. The molecular formula is C18H17NO3. The molecular weight excluding hydrogens is 278 g/mol. The second-order valence-electron chi connectivity index (χ2n) is 5.69. The van der Waals surface area contributed by atoms with Crippen molar-refractivity contribution in [2.75, 3.05) is 13.2 Å². The molecule has 0 bridgehead atoms. The van der Waals surface area contributed by atoms with Crippen LogP contribution in [-0.2, 0) is 0 Å². The first kappa shape index (κ1) is 13.2. The summed E-state index contributed by atoms with van der Waals surface area (Å²) in [4.78, 5) is 12.2. The molecule has 4 rings (SSSR count). The molecule has 0 atom stereocenters. The molecule has 112 valence electrons. The van der Waals surface area contributed by atoms with Crippen LogP contribution in [-0.4, -0.2) is 25.2 Å². The number of fused-ring (bicyclic) bond motifs is 1. The van der Waals surface area contributed by atoms with Gasteiger partial charge in [-0.25, -0.2) is 0 Å². The molecule has 1 N–H and O–H groups in total. The van der Waals surface area contributed by atoms with E-state index in [2.05, 4.69) is 5.32 Å². The van der Waals surface area contributed by atoms with Crippen molar-refractivity contribution in [1.29, 1.82) is 0 Å². The highest BCUT2D eigenvalue weighted by Crippen LogP contribution is 2.34. The van der Waals surface area contributed by atoms with Gasteiger partial charge in [0.1, 0.15) is 13.2 Å². The number of nitrogens with one attached hydrogen (secondary N) is 1. The van der Waals surface area contributed by atoms with Gasteiger partial charge in [-0.15, -0.1) is 0 Å². The van der Waals surface area contributed by atoms with E-state index in [-0.39, 0.29) is 5.91 Å². The fourth-order valence-corrected chi connectivity index (χ4v) is 2.56. The first-order chi connectivity index (χ1) is 10.8. The molecule has 1 aliphatic carbocycles. The van der Waals surface area contributed by atoms with Gasteiger partial charge >= 0.3 is 0 Å². The molecule has 0 unspecified atom stereocenters. The molecule has 0 saturated heterocycles. The maximum absolute atomic E-state index is 12.2. The number of carbonyl (C=O) groups excluding carboxylic acids is 1. The molecule has 0 aromatic heterocycles. The third-order valence-corrected chi connectivity index (χ3v) is 3.91. The van der Waals surface area contributed by atoms with Crippen LogP contribution in [0.4, 0.5) is 0 Å². The number of benzene rings is 2. The predicted octanol–water partition coefficient (Wildman–Crippen LogP) is 3.02. The van der Waals surface area contributed by atoms with Crippen molar-refractivity contribution in [2.45, 2.75) is 18.9 Å². The molecule has 0 spiro atoms. The molecule has 1 fully saturated rings. The molecule has 2 aliphatic rings. The summed E-state index contributed by atoms with van der Waals surface area (Å²) in [5.74, 6) is 1.54. The van der Waals surface area contributed by atoms with Gasteiger partial charge in [-0.05, 0) is 48.2 Å². The Morgan fingerprint density at radius 2 is 1.73 bits per heavy atom. The summed E-state index contributed by atoms with van der Waals surface area (Å²) in [5, 5.41) is 3.02. The lowest BCUT2D eigenvalue weighted by molar-refractivity contribution is 0.0951. The second-order valence-corrected chi connectivity index (χ2v) is 5.69. The molecule has 1 heterocycles. The highest BCUT2D eigenvalue weighted by molar-refractivity contribution is 5.95. The number of rotatable bonds is 3. The quantitative estimate of drug-likeness (QED) is 0.947. The highest BCUT2D eigenvalue weighted by Gasteiger charge is 2.23. The standard InChI is InChI=1S/C18H17NO3/c20-18(19-15-5-6-15)14-3-1-2-12(10-14)13-4-7-16-17(11-13)22-9-8-21-16/h1-4,7,10-11,15H,5-6,8-9H2,(H,19,20). The maximum atomic E-state index is 12.2. The Morgan fingerprint density at radius 3 is 2.55 bits per heavy atom. The monoisotopic (exact) mass is 295 g/mol. The van der Waals surface area contributed by atoms with Crippen molar-refractivity contribution in [2.24, 2.45) is 0 Å². The minimum Gasteiger partial charge on any atom is -0.486 e. The number of ether oxygens (including phenoxy) is 2. The van der Waals surface area contributed by atoms with Gasteiger partial charge in [0, 0.05) is 11.6 Å². The van der Waals surface area contributed by atoms with Crippen molar-refractivity contribution >= 4 is 5.91 Å². The molecule has 4 nitrogen and oxygen atoms in total. The van der Waals surface area contributed by atoms with E-state index in [0.717, 1.165) is 35.5 Å². The molecule has 0 radical (unpaired) electrons. The Kier molecular flexibility index (Phi) is 3.22. The van der Waals surface area contributed by atoms with Crippen molar-refractivity contribution in [3.05, 3.63) is 48.0 Å². The molecule has 4 heteroatoms. The van der Waals surface area contributed by atoms with Crippen molar-refractivity contribution in [1.82, 2.24) is 5.32 Å². The Morgan fingerprint density at radius 1 is 0.955 bits per heavy atom. The number of amides is 1. The number of hydrogen-bond donors (Lipinski definition) is 1. The molecule has 1 aliphatic heterocycles. The van der Waals surface area contributed by atoms with E-state index in [0.29, 0.717) is 24.8 Å². The van der Waals surface area contributed by atoms with Gasteiger partial charge < -0.3 is 14.8 Å². The van der Waals surface area contributed by atoms with E-state index in [1.807, 2.05) is 42.5 Å². The summed E-state index contributed by atoms with van der Waals surface area (Å²) < 4.78 is 11.2. The topological polar surface area (TPSA) is 47.6 Å². The van der Waals surface area contributed by atoms with Gasteiger partial charge in [0.25, 0.3) is 5.91 Å². The summed E-state index contributed by atoms with van der Waals surface area (Å²) in [6.45, 7) is 1.16. The van der Waals surface area contributed by atoms with Crippen molar-refractivity contribution in [3.8, 4) is 22.6 Å². The SMILES string of the molecule is O=C(NC1CC1)c1cccc(-c2ccc3c(c2)OCCO3)c1. The van der Waals surface area contributed by atoms with Crippen LogP contribution in [0.5, 0.6) is 11.5 Å². The maximum Gasteiger partial charge on any atom is 0.251 e. The van der Waals surface area contributed by atoms with Gasteiger partial charge in [0.15, 0.2) is 11.5 Å². The van der Waals surface area contributed by atoms with E-state index in [4.69, 9.17) is 9.47 Å². The van der Waals surface area contributed by atoms with Crippen LogP contribution in [0.3, 0.4) is 0 Å². The van der Waals surface area contributed by atoms with E-state index in [1.165, 1.54) is 0 Å². The lowest BCUT2D eigenvalue weighted by Crippen LogP contribution is -2.25. The zero-order valence-corrected chi connectivity index (χ0v) is 12.2. The first-order valence-electron chi connectivity index (χ1n) is 7.60. The Labute approximate surface area is 129 Å². The second kappa shape index (κ2) is 5.37. The van der Waals surface area contributed by atoms with E-state index in [9.17, 15) is 4.79 Å². The third-order valence-electron chi connectivity index (χ3n) is 3.91. The summed E-state index contributed by atoms with van der Waals surface area (Å²) in [5.41, 5.74) is 2.71. The van der Waals surface area contributed by atoms with Gasteiger partial charge in [-0.2, -0.15) is 0 Å². The average molecular weight is 295 g/mol. The largest absolute Gasteiger partial charge is 0.486 e. The van der Waals surface area contributed by atoms with Gasteiger partial charge in [0.05, 0.1) is 0 Å². The van der Waals surface area contributed by atoms with Crippen LogP contribution in [0, 0.1) is 0 Å². The van der Waals surface area contributed by atoms with E-state index < -0.39 is 0 Å². The van der Waals surface area contributed by atoms with Crippen LogP contribution < -0.4 is 14.8 Å². The fraction of sp³-hybridized carbons (Fsp3) is 0.278. The van der Waals surface area contributed by atoms with E-state index in [1.54, 1.807) is 0 Å². The normalized spacial score (nSPS) is 16.2. The zero-order valence-electron chi connectivity index (χ0n) is 12.2. The molecule has 2 aromatic rings. The fourth-order valence-electron chi connectivity index (χ4n) is 2.56. The summed E-state index contributed by atoms with van der Waals surface area (Å²) in [7, 11) is 0. The smallest absolute Gasteiger partial charge is 0.251 e. The molecule has 1 saturated carbocycles. The van der Waals surface area contributed by atoms with Crippen LogP contribution >= 0.6 is 0 Å². The lowest BCUT2D eigenvalue weighted by Gasteiger charge is -2.19. The molecule has 2 aromatic carbocycles. The van der Waals surface area contributed by atoms with E-state index >= 15 is 0 Å². The van der Waals surface area contributed by atoms with Gasteiger partial charge in [-0.3, -0.25) is 4.79 Å². The minimum atomic E-state index is 0.00175. The van der Waals surface area contributed by atoms with Crippen LogP contribution in [0.25, 0.3) is 11.1 Å². The van der Waals surface area contributed by atoms with Crippen LogP contribution in [0.15, 0.2) is 42.5 Å². The summed E-state index contributed by atoms with van der Waals surface area (Å²) >= 11 is 0. The minimum absolute atomic E-state index is 0.00175. The van der Waals surface area contributed by atoms with Crippen LogP contribution in [0.2, 0.25) is 0 Å². The van der Waals surface area contributed by atoms with Crippen molar-refractivity contribution < 1.29 is 14.3 Å². The molecule has 22 heavy (non-hydrogen) atoms. The number of carbonyl (C=O) groups is 1. The Hall–Kier alpha value is -2.49. The molecule has 1 amide bonds. The lowest BCUT2D eigenvalue weighted by atomic mass is 10.0. The van der Waals surface area contributed by atoms with Crippen molar-refractivity contribution in [3.63, 3.8) is 0 Å². The van der Waals surface area contributed by atoms with Gasteiger partial charge in [-0.1, -0.05) is 18.2 Å². The number of hydrogen-bond acceptors (Lipinski definition) is 3.